The van der Waals surface area contributed by atoms with E-state index in [9.17, 15) is 0 Å². The molecule has 2 fully saturated rings. The van der Waals surface area contributed by atoms with E-state index in [1.54, 1.807) is 0 Å². The summed E-state index contributed by atoms with van der Waals surface area (Å²) in [6.45, 7) is 28.9. The fraction of sp³-hybridized carbons (Fsp3) is 1.00. The van der Waals surface area contributed by atoms with E-state index >= 15 is 0 Å². The van der Waals surface area contributed by atoms with Gasteiger partial charge in [0.05, 0.1) is 30.0 Å². The van der Waals surface area contributed by atoms with Gasteiger partial charge in [0.2, 0.25) is 0 Å². The fourth-order valence-corrected chi connectivity index (χ4v) is 6.31. The molecule has 0 aliphatic carbocycles. The number of hydrogen-bond acceptors (Lipinski definition) is 6. The zero-order chi connectivity index (χ0) is 27.4. The summed E-state index contributed by atoms with van der Waals surface area (Å²) >= 11 is 0. The van der Waals surface area contributed by atoms with E-state index in [4.69, 9.17) is 19.1 Å². The van der Waals surface area contributed by atoms with Crippen LogP contribution in [-0.4, -0.2) is 69.9 Å². The minimum absolute atomic E-state index is 0.0244. The molecule has 0 bridgehead atoms. The molecule has 2 aliphatic rings. The molecule has 0 saturated carbocycles. The lowest BCUT2D eigenvalue weighted by molar-refractivity contribution is -0.298. The highest BCUT2D eigenvalue weighted by Gasteiger charge is 2.54. The van der Waals surface area contributed by atoms with Crippen molar-refractivity contribution in [2.24, 2.45) is 0 Å². The smallest absolute Gasteiger partial charge is 0.0816 e. The van der Waals surface area contributed by atoms with Crippen molar-refractivity contribution < 1.29 is 19.1 Å². The van der Waals surface area contributed by atoms with Gasteiger partial charge < -0.3 is 9.47 Å². The van der Waals surface area contributed by atoms with Crippen LogP contribution in [0.25, 0.3) is 0 Å². The minimum atomic E-state index is -0.211. The Morgan fingerprint density at radius 1 is 0.722 bits per heavy atom. The van der Waals surface area contributed by atoms with Crippen LogP contribution in [0.2, 0.25) is 0 Å². The van der Waals surface area contributed by atoms with E-state index in [-0.39, 0.29) is 33.9 Å². The first-order chi connectivity index (χ1) is 16.4. The fourth-order valence-electron chi connectivity index (χ4n) is 6.31. The van der Waals surface area contributed by atoms with Crippen molar-refractivity contribution >= 4 is 0 Å². The van der Waals surface area contributed by atoms with Gasteiger partial charge in [-0.25, -0.2) is 0 Å². The van der Waals surface area contributed by atoms with Crippen LogP contribution in [0.1, 0.15) is 134 Å². The molecule has 36 heavy (non-hydrogen) atoms. The molecule has 2 atom stereocenters. The molecule has 6 heteroatoms. The van der Waals surface area contributed by atoms with Gasteiger partial charge in [-0.2, -0.15) is 10.1 Å². The Labute approximate surface area is 223 Å². The van der Waals surface area contributed by atoms with Crippen LogP contribution < -0.4 is 0 Å². The predicted molar refractivity (Wildman–Crippen MR) is 149 cm³/mol. The molecule has 2 unspecified atom stereocenters. The number of hydrogen-bond donors (Lipinski definition) is 0. The van der Waals surface area contributed by atoms with E-state index in [2.05, 4.69) is 93.2 Å². The van der Waals surface area contributed by atoms with Crippen molar-refractivity contribution in [1.82, 2.24) is 10.1 Å². The van der Waals surface area contributed by atoms with Gasteiger partial charge >= 0.3 is 0 Å². The van der Waals surface area contributed by atoms with Crippen LogP contribution in [0.3, 0.4) is 0 Å². The van der Waals surface area contributed by atoms with Gasteiger partial charge in [-0.05, 0) is 122 Å². The van der Waals surface area contributed by atoms with Crippen LogP contribution in [0.4, 0.5) is 0 Å². The Kier molecular flexibility index (Phi) is 10.9. The number of ether oxygens (including phenoxy) is 2. The van der Waals surface area contributed by atoms with E-state index in [0.717, 1.165) is 51.7 Å². The number of nitrogens with zero attached hydrogens (tertiary/aromatic N) is 2. The summed E-state index contributed by atoms with van der Waals surface area (Å²) in [6.07, 6.45) is 9.25. The molecular weight excluding hydrogens is 452 g/mol. The Balaban J connectivity index is 1.68. The molecule has 0 aromatic heterocycles. The minimum Gasteiger partial charge on any atom is -0.378 e. The Morgan fingerprint density at radius 3 is 1.83 bits per heavy atom. The van der Waals surface area contributed by atoms with Gasteiger partial charge in [0, 0.05) is 29.8 Å². The molecule has 2 rings (SSSR count). The SMILES string of the molecule is CCON1C(C)(C)CCC(OCCCCCCOC2CC(C)(C)N(OC(C)(C)C)C2(C)C)CC1(C)C. The van der Waals surface area contributed by atoms with Gasteiger partial charge in [-0.3, -0.25) is 9.68 Å². The summed E-state index contributed by atoms with van der Waals surface area (Å²) in [7, 11) is 0. The number of rotatable bonds is 12. The Morgan fingerprint density at radius 2 is 1.28 bits per heavy atom. The first-order valence-electron chi connectivity index (χ1n) is 14.6. The van der Waals surface area contributed by atoms with E-state index in [0.29, 0.717) is 12.7 Å². The van der Waals surface area contributed by atoms with E-state index < -0.39 is 0 Å². The molecule has 0 amide bonds. The molecule has 2 heterocycles. The summed E-state index contributed by atoms with van der Waals surface area (Å²) in [4.78, 5) is 12.4. The highest BCUT2D eigenvalue weighted by atomic mass is 16.7. The summed E-state index contributed by atoms with van der Waals surface area (Å²) in [5.41, 5.74) is -0.411. The highest BCUT2D eigenvalue weighted by Crippen LogP contribution is 2.44. The van der Waals surface area contributed by atoms with Crippen LogP contribution in [0.15, 0.2) is 0 Å². The van der Waals surface area contributed by atoms with Crippen LogP contribution in [0, 0.1) is 0 Å². The molecule has 0 aromatic rings. The quantitative estimate of drug-likeness (QED) is 0.256. The lowest BCUT2D eigenvalue weighted by Crippen LogP contribution is -2.54. The monoisotopic (exact) mass is 512 g/mol. The van der Waals surface area contributed by atoms with Gasteiger partial charge in [0.15, 0.2) is 0 Å². The topological polar surface area (TPSA) is 43.4 Å². The van der Waals surface area contributed by atoms with Crippen molar-refractivity contribution in [3.63, 3.8) is 0 Å². The van der Waals surface area contributed by atoms with E-state index in [1.165, 1.54) is 12.8 Å². The summed E-state index contributed by atoms with van der Waals surface area (Å²) < 4.78 is 12.8. The second-order valence-electron chi connectivity index (χ2n) is 14.5. The van der Waals surface area contributed by atoms with Crippen LogP contribution in [0.5, 0.6) is 0 Å². The Bertz CT molecular complexity index is 668. The zero-order valence-electron chi connectivity index (χ0n) is 26.0. The van der Waals surface area contributed by atoms with E-state index in [1.807, 2.05) is 0 Å². The molecule has 6 nitrogen and oxygen atoms in total. The number of unbranched alkanes of at least 4 members (excludes halogenated alkanes) is 3. The van der Waals surface area contributed by atoms with Crippen LogP contribution in [-0.2, 0) is 19.1 Å². The van der Waals surface area contributed by atoms with Gasteiger partial charge in [0.25, 0.3) is 0 Å². The van der Waals surface area contributed by atoms with Crippen molar-refractivity contribution in [1.29, 1.82) is 0 Å². The average molecular weight is 513 g/mol. The summed E-state index contributed by atoms with van der Waals surface area (Å²) in [6, 6.07) is 0. The summed E-state index contributed by atoms with van der Waals surface area (Å²) in [5, 5.41) is 4.41. The molecule has 0 spiro atoms. The maximum absolute atomic E-state index is 6.42. The average Bonchev–Trinajstić information content (AvgIpc) is 2.83. The van der Waals surface area contributed by atoms with Crippen LogP contribution >= 0.6 is 0 Å². The highest BCUT2D eigenvalue weighted by molar-refractivity contribution is 5.04. The van der Waals surface area contributed by atoms with Crippen molar-refractivity contribution in [2.75, 3.05) is 19.8 Å². The normalized spacial score (nSPS) is 28.3. The standard InChI is InChI=1S/C30H60N2O4/c1-13-35-31-27(5,6)19-18-24(22-28(31,7)8)33-20-16-14-15-17-21-34-25-23-29(9,10)32(30(25,11)12)36-26(2,3)4/h24-25H,13-23H2,1-12H3. The predicted octanol–water partition coefficient (Wildman–Crippen LogP) is 7.30. The lowest BCUT2D eigenvalue weighted by atomic mass is 9.95. The van der Waals surface area contributed by atoms with Gasteiger partial charge in [-0.15, -0.1) is 0 Å². The van der Waals surface area contributed by atoms with Crippen molar-refractivity contribution in [2.45, 2.75) is 174 Å². The van der Waals surface area contributed by atoms with Crippen molar-refractivity contribution in [3.8, 4) is 0 Å². The molecule has 2 saturated heterocycles. The molecule has 0 N–H and O–H groups in total. The summed E-state index contributed by atoms with van der Waals surface area (Å²) in [5.74, 6) is 0. The van der Waals surface area contributed by atoms with Crippen molar-refractivity contribution in [3.05, 3.63) is 0 Å². The second kappa shape index (κ2) is 12.3. The second-order valence-corrected chi connectivity index (χ2v) is 14.5. The maximum Gasteiger partial charge on any atom is 0.0816 e. The van der Waals surface area contributed by atoms with Gasteiger partial charge in [-0.1, -0.05) is 12.8 Å². The third-order valence-electron chi connectivity index (χ3n) is 7.79. The largest absolute Gasteiger partial charge is 0.378 e. The third-order valence-corrected chi connectivity index (χ3v) is 7.79. The molecule has 0 aromatic carbocycles. The molecule has 2 aliphatic heterocycles. The third kappa shape index (κ3) is 8.64. The molecule has 214 valence electrons. The number of hydroxylamine groups is 4. The maximum atomic E-state index is 6.42. The molecular formula is C30H60N2O4. The van der Waals surface area contributed by atoms with Gasteiger partial charge in [0.1, 0.15) is 0 Å². The Hall–Kier alpha value is -0.240. The first kappa shape index (κ1) is 32.0. The first-order valence-corrected chi connectivity index (χ1v) is 14.6. The molecule has 0 radical (unpaired) electrons. The zero-order valence-corrected chi connectivity index (χ0v) is 26.0. The lowest BCUT2D eigenvalue weighted by Gasteiger charge is -2.45.